The zero-order valence-electron chi connectivity index (χ0n) is 9.38. The van der Waals surface area contributed by atoms with E-state index in [-0.39, 0.29) is 5.60 Å². The highest BCUT2D eigenvalue weighted by atomic mass is 35.5. The molecule has 1 heterocycles. The quantitative estimate of drug-likeness (QED) is 0.657. The second-order valence-corrected chi connectivity index (χ2v) is 6.05. The van der Waals surface area contributed by atoms with Crippen LogP contribution in [0.1, 0.15) is 44.9 Å². The Morgan fingerprint density at radius 2 is 2.13 bits per heavy atom. The Morgan fingerprint density at radius 1 is 1.20 bits per heavy atom. The second-order valence-electron chi connectivity index (χ2n) is 5.79. The van der Waals surface area contributed by atoms with Crippen LogP contribution in [0.25, 0.3) is 0 Å². The summed E-state index contributed by atoms with van der Waals surface area (Å²) in [6.45, 7) is 0.945. The molecule has 2 saturated carbocycles. The van der Waals surface area contributed by atoms with Gasteiger partial charge in [-0.1, -0.05) is 6.42 Å². The van der Waals surface area contributed by atoms with Crippen LogP contribution >= 0.6 is 11.6 Å². The van der Waals surface area contributed by atoms with Crippen LogP contribution in [-0.2, 0) is 4.74 Å². The van der Waals surface area contributed by atoms with Crippen molar-refractivity contribution >= 4 is 11.6 Å². The summed E-state index contributed by atoms with van der Waals surface area (Å²) in [6.07, 6.45) is 9.55. The van der Waals surface area contributed by atoms with Crippen molar-refractivity contribution in [3.63, 3.8) is 0 Å². The molecule has 2 heteroatoms. The lowest BCUT2D eigenvalue weighted by atomic mass is 9.74. The molecule has 1 nitrogen and oxygen atoms in total. The largest absolute Gasteiger partial charge is 0.373 e. The van der Waals surface area contributed by atoms with E-state index in [0.29, 0.717) is 0 Å². The molecule has 0 aromatic rings. The SMILES string of the molecule is ClCC1(C2CC3CCC2C3)CCCCO1. The lowest BCUT2D eigenvalue weighted by Gasteiger charge is -2.44. The van der Waals surface area contributed by atoms with Crippen molar-refractivity contribution in [1.29, 1.82) is 0 Å². The highest BCUT2D eigenvalue weighted by Crippen LogP contribution is 2.55. The minimum atomic E-state index is 0.0691. The van der Waals surface area contributed by atoms with Gasteiger partial charge in [0.05, 0.1) is 11.5 Å². The van der Waals surface area contributed by atoms with Crippen molar-refractivity contribution in [3.8, 4) is 0 Å². The van der Waals surface area contributed by atoms with Gasteiger partial charge in [0, 0.05) is 6.61 Å². The summed E-state index contributed by atoms with van der Waals surface area (Å²) in [5, 5.41) is 0. The van der Waals surface area contributed by atoms with Crippen LogP contribution in [0, 0.1) is 17.8 Å². The predicted molar refractivity (Wildman–Crippen MR) is 62.2 cm³/mol. The number of hydrogen-bond acceptors (Lipinski definition) is 1. The topological polar surface area (TPSA) is 9.23 Å². The molecule has 0 amide bonds. The molecule has 86 valence electrons. The fraction of sp³-hybridized carbons (Fsp3) is 1.00. The first-order valence-corrected chi connectivity index (χ1v) is 7.07. The minimum Gasteiger partial charge on any atom is -0.373 e. The van der Waals surface area contributed by atoms with Gasteiger partial charge in [0.25, 0.3) is 0 Å². The monoisotopic (exact) mass is 228 g/mol. The van der Waals surface area contributed by atoms with Crippen molar-refractivity contribution in [2.45, 2.75) is 50.5 Å². The molecule has 2 aliphatic carbocycles. The average molecular weight is 229 g/mol. The number of hydrogen-bond donors (Lipinski definition) is 0. The van der Waals surface area contributed by atoms with Crippen LogP contribution in [0.4, 0.5) is 0 Å². The van der Waals surface area contributed by atoms with Crippen molar-refractivity contribution in [1.82, 2.24) is 0 Å². The molecule has 0 aromatic carbocycles. The maximum Gasteiger partial charge on any atom is 0.0847 e. The first kappa shape index (κ1) is 10.4. The summed E-state index contributed by atoms with van der Waals surface area (Å²) in [6, 6.07) is 0. The number of rotatable bonds is 2. The van der Waals surface area contributed by atoms with Gasteiger partial charge in [0.2, 0.25) is 0 Å². The van der Waals surface area contributed by atoms with E-state index in [1.165, 1.54) is 44.9 Å². The third kappa shape index (κ3) is 1.63. The third-order valence-electron chi connectivity index (χ3n) is 5.02. The van der Waals surface area contributed by atoms with Crippen LogP contribution in [0.2, 0.25) is 0 Å². The van der Waals surface area contributed by atoms with E-state index in [4.69, 9.17) is 16.3 Å². The van der Waals surface area contributed by atoms with Crippen molar-refractivity contribution in [3.05, 3.63) is 0 Å². The molecule has 4 unspecified atom stereocenters. The molecule has 0 radical (unpaired) electrons. The van der Waals surface area contributed by atoms with Gasteiger partial charge in [-0.3, -0.25) is 0 Å². The third-order valence-corrected chi connectivity index (χ3v) is 5.48. The Balaban J connectivity index is 1.77. The highest BCUT2D eigenvalue weighted by Gasteiger charge is 2.51. The Morgan fingerprint density at radius 3 is 2.67 bits per heavy atom. The molecule has 0 aromatic heterocycles. The first-order chi connectivity index (χ1) is 7.34. The van der Waals surface area contributed by atoms with E-state index in [2.05, 4.69) is 0 Å². The van der Waals surface area contributed by atoms with Crippen LogP contribution in [0.5, 0.6) is 0 Å². The number of halogens is 1. The van der Waals surface area contributed by atoms with E-state index >= 15 is 0 Å². The molecule has 0 N–H and O–H groups in total. The molecular formula is C13H21ClO. The van der Waals surface area contributed by atoms with E-state index in [0.717, 1.165) is 30.2 Å². The van der Waals surface area contributed by atoms with Crippen molar-refractivity contribution < 1.29 is 4.74 Å². The van der Waals surface area contributed by atoms with Crippen LogP contribution in [0.15, 0.2) is 0 Å². The summed E-state index contributed by atoms with van der Waals surface area (Å²) >= 11 is 6.23. The number of ether oxygens (including phenoxy) is 1. The Kier molecular flexibility index (Phi) is 2.72. The summed E-state index contributed by atoms with van der Waals surface area (Å²) in [4.78, 5) is 0. The van der Waals surface area contributed by atoms with E-state index in [1.54, 1.807) is 0 Å². The molecular weight excluding hydrogens is 208 g/mol. The molecule has 15 heavy (non-hydrogen) atoms. The van der Waals surface area contributed by atoms with Gasteiger partial charge in [0.15, 0.2) is 0 Å². The molecule has 1 saturated heterocycles. The normalized spacial score (nSPS) is 49.8. The Bertz CT molecular complexity index is 235. The van der Waals surface area contributed by atoms with E-state index in [1.807, 2.05) is 0 Å². The maximum absolute atomic E-state index is 6.23. The Labute approximate surface area is 97.5 Å². The van der Waals surface area contributed by atoms with Gasteiger partial charge in [-0.25, -0.2) is 0 Å². The predicted octanol–water partition coefficient (Wildman–Crippen LogP) is 3.60. The van der Waals surface area contributed by atoms with Gasteiger partial charge in [0.1, 0.15) is 0 Å². The molecule has 3 aliphatic rings. The smallest absolute Gasteiger partial charge is 0.0847 e. The number of fused-ring (bicyclic) bond motifs is 2. The van der Waals surface area contributed by atoms with E-state index < -0.39 is 0 Å². The molecule has 1 aliphatic heterocycles. The van der Waals surface area contributed by atoms with Gasteiger partial charge in [-0.05, 0) is 56.3 Å². The van der Waals surface area contributed by atoms with E-state index in [9.17, 15) is 0 Å². The summed E-state index contributed by atoms with van der Waals surface area (Å²) in [5.74, 6) is 3.45. The van der Waals surface area contributed by atoms with Crippen molar-refractivity contribution in [2.24, 2.45) is 17.8 Å². The Hall–Kier alpha value is 0.250. The highest BCUT2D eigenvalue weighted by molar-refractivity contribution is 6.18. The molecule has 0 spiro atoms. The van der Waals surface area contributed by atoms with Gasteiger partial charge in [-0.15, -0.1) is 11.6 Å². The second kappa shape index (κ2) is 3.92. The number of alkyl halides is 1. The maximum atomic E-state index is 6.23. The standard InChI is InChI=1S/C13H21ClO/c14-9-13(5-1-2-6-15-13)12-8-10-3-4-11(12)7-10/h10-12H,1-9H2. The fourth-order valence-electron chi connectivity index (χ4n) is 4.26. The molecule has 4 atom stereocenters. The summed E-state index contributed by atoms with van der Waals surface area (Å²) in [7, 11) is 0. The molecule has 3 rings (SSSR count). The zero-order valence-corrected chi connectivity index (χ0v) is 10.1. The first-order valence-electron chi connectivity index (χ1n) is 6.54. The average Bonchev–Trinajstić information content (AvgIpc) is 2.92. The lowest BCUT2D eigenvalue weighted by molar-refractivity contribution is -0.113. The zero-order chi connectivity index (χ0) is 10.3. The summed E-state index contributed by atoms with van der Waals surface area (Å²) < 4.78 is 6.12. The van der Waals surface area contributed by atoms with Gasteiger partial charge in [-0.2, -0.15) is 0 Å². The van der Waals surface area contributed by atoms with Crippen molar-refractivity contribution in [2.75, 3.05) is 12.5 Å². The lowest BCUT2D eigenvalue weighted by Crippen LogP contribution is -2.47. The van der Waals surface area contributed by atoms with Crippen LogP contribution in [-0.4, -0.2) is 18.1 Å². The summed E-state index contributed by atoms with van der Waals surface area (Å²) in [5.41, 5.74) is 0.0691. The van der Waals surface area contributed by atoms with Gasteiger partial charge < -0.3 is 4.74 Å². The molecule has 2 bridgehead atoms. The fourth-order valence-corrected chi connectivity index (χ4v) is 4.67. The van der Waals surface area contributed by atoms with Crippen LogP contribution in [0.3, 0.4) is 0 Å². The van der Waals surface area contributed by atoms with Crippen LogP contribution < -0.4 is 0 Å². The molecule has 3 fully saturated rings. The minimum absolute atomic E-state index is 0.0691. The van der Waals surface area contributed by atoms with Gasteiger partial charge >= 0.3 is 0 Å².